The number of aromatic nitrogens is 2. The van der Waals surface area contributed by atoms with Crippen molar-refractivity contribution in [3.63, 3.8) is 0 Å². The number of nitrogens with zero attached hydrogens (tertiary/aromatic N) is 3. The summed E-state index contributed by atoms with van der Waals surface area (Å²) in [7, 11) is -3.78. The van der Waals surface area contributed by atoms with Gasteiger partial charge in [0.05, 0.1) is 11.4 Å². The van der Waals surface area contributed by atoms with Crippen molar-refractivity contribution in [3.05, 3.63) is 65.5 Å². The fourth-order valence-electron chi connectivity index (χ4n) is 4.09. The summed E-state index contributed by atoms with van der Waals surface area (Å²) in [6.45, 7) is -0.245. The Balaban J connectivity index is 1.40. The molecule has 8 heteroatoms. The molecular weight excluding hydrogens is 393 g/mol. The van der Waals surface area contributed by atoms with Crippen LogP contribution in [-0.2, 0) is 28.5 Å². The van der Waals surface area contributed by atoms with Crippen LogP contribution in [0.1, 0.15) is 29.8 Å². The molecule has 1 atom stereocenters. The van der Waals surface area contributed by atoms with Gasteiger partial charge < -0.3 is 4.52 Å². The Kier molecular flexibility index (Phi) is 4.29. The van der Waals surface area contributed by atoms with E-state index < -0.39 is 15.7 Å². The molecule has 6 nitrogen and oxygen atoms in total. The van der Waals surface area contributed by atoms with E-state index in [1.165, 1.54) is 9.87 Å². The molecule has 0 bridgehead atoms. The number of aryl methyl sites for hydroxylation is 2. The molecule has 1 saturated heterocycles. The standard InChI is InChI=1S/C21H20FN3O3S/c22-21(20-23-19(28-24-20)16-5-2-1-3-6-16)11-12-25(14-21)29(26,27)18-10-9-15-7-4-8-17(15)13-18/h1-3,5-6,9-10,13H,4,7-8,11-12,14H2. The summed E-state index contributed by atoms with van der Waals surface area (Å²) in [6, 6.07) is 14.3. The Morgan fingerprint density at radius 2 is 1.86 bits per heavy atom. The summed E-state index contributed by atoms with van der Waals surface area (Å²) >= 11 is 0. The Morgan fingerprint density at radius 3 is 2.69 bits per heavy atom. The molecule has 3 aromatic rings. The zero-order valence-corrected chi connectivity index (χ0v) is 16.5. The quantitative estimate of drug-likeness (QED) is 0.655. The summed E-state index contributed by atoms with van der Waals surface area (Å²) < 4.78 is 48.1. The van der Waals surface area contributed by atoms with E-state index in [9.17, 15) is 8.42 Å². The van der Waals surface area contributed by atoms with Gasteiger partial charge in [-0.2, -0.15) is 9.29 Å². The van der Waals surface area contributed by atoms with Crippen molar-refractivity contribution in [1.29, 1.82) is 0 Å². The number of rotatable bonds is 4. The second-order valence-electron chi connectivity index (χ2n) is 7.63. The lowest BCUT2D eigenvalue weighted by atomic mass is 10.1. The smallest absolute Gasteiger partial charge is 0.258 e. The molecule has 1 aliphatic carbocycles. The van der Waals surface area contributed by atoms with Crippen LogP contribution in [0.25, 0.3) is 11.5 Å². The highest BCUT2D eigenvalue weighted by Gasteiger charge is 2.48. The van der Waals surface area contributed by atoms with Gasteiger partial charge in [-0.25, -0.2) is 12.8 Å². The van der Waals surface area contributed by atoms with E-state index in [2.05, 4.69) is 10.1 Å². The van der Waals surface area contributed by atoms with Crippen LogP contribution < -0.4 is 0 Å². The molecule has 0 saturated carbocycles. The molecule has 5 rings (SSSR count). The molecule has 0 spiro atoms. The molecule has 1 aromatic heterocycles. The number of fused-ring (bicyclic) bond motifs is 1. The van der Waals surface area contributed by atoms with Crippen LogP contribution in [0.3, 0.4) is 0 Å². The lowest BCUT2D eigenvalue weighted by Gasteiger charge is -2.18. The zero-order chi connectivity index (χ0) is 20.1. The van der Waals surface area contributed by atoms with Crippen molar-refractivity contribution < 1.29 is 17.3 Å². The second-order valence-corrected chi connectivity index (χ2v) is 9.57. The lowest BCUT2D eigenvalue weighted by molar-refractivity contribution is 0.164. The molecule has 2 aromatic carbocycles. The van der Waals surface area contributed by atoms with E-state index in [4.69, 9.17) is 4.52 Å². The summed E-state index contributed by atoms with van der Waals surface area (Å²) in [4.78, 5) is 4.42. The molecule has 0 amide bonds. The van der Waals surface area contributed by atoms with E-state index in [1.54, 1.807) is 24.3 Å². The number of sulfonamides is 1. The van der Waals surface area contributed by atoms with Gasteiger partial charge in [-0.3, -0.25) is 0 Å². The molecule has 150 valence electrons. The number of halogens is 1. The van der Waals surface area contributed by atoms with Gasteiger partial charge in [-0.05, 0) is 54.7 Å². The average molecular weight is 413 g/mol. The van der Waals surface area contributed by atoms with Crippen LogP contribution in [0.2, 0.25) is 0 Å². The van der Waals surface area contributed by atoms with Crippen LogP contribution in [0.5, 0.6) is 0 Å². The van der Waals surface area contributed by atoms with Crippen molar-refractivity contribution in [2.24, 2.45) is 0 Å². The third-order valence-electron chi connectivity index (χ3n) is 5.74. The van der Waals surface area contributed by atoms with Crippen molar-refractivity contribution in [2.45, 2.75) is 36.2 Å². The monoisotopic (exact) mass is 413 g/mol. The first kappa shape index (κ1) is 18.4. The molecule has 1 fully saturated rings. The van der Waals surface area contributed by atoms with Crippen LogP contribution in [0.4, 0.5) is 4.39 Å². The van der Waals surface area contributed by atoms with Gasteiger partial charge in [0.1, 0.15) is 0 Å². The maximum absolute atomic E-state index is 15.6. The van der Waals surface area contributed by atoms with Gasteiger partial charge >= 0.3 is 0 Å². The first-order valence-corrected chi connectivity index (χ1v) is 11.1. The summed E-state index contributed by atoms with van der Waals surface area (Å²) in [5, 5.41) is 3.80. The third-order valence-corrected chi connectivity index (χ3v) is 7.58. The maximum Gasteiger partial charge on any atom is 0.258 e. The Morgan fingerprint density at radius 1 is 1.07 bits per heavy atom. The van der Waals surface area contributed by atoms with Crippen LogP contribution >= 0.6 is 0 Å². The summed E-state index contributed by atoms with van der Waals surface area (Å²) in [6.07, 6.45) is 2.90. The van der Waals surface area contributed by atoms with Crippen molar-refractivity contribution in [1.82, 2.24) is 14.4 Å². The zero-order valence-electron chi connectivity index (χ0n) is 15.7. The molecule has 1 aliphatic heterocycles. The highest BCUT2D eigenvalue weighted by atomic mass is 32.2. The van der Waals surface area contributed by atoms with Crippen LogP contribution in [0.15, 0.2) is 57.9 Å². The fourth-order valence-corrected chi connectivity index (χ4v) is 5.62. The van der Waals surface area contributed by atoms with Gasteiger partial charge in [0.25, 0.3) is 5.89 Å². The molecule has 2 heterocycles. The molecule has 0 N–H and O–H groups in total. The Bertz CT molecular complexity index is 1160. The van der Waals surface area contributed by atoms with Crippen LogP contribution in [-0.4, -0.2) is 36.0 Å². The molecule has 29 heavy (non-hydrogen) atoms. The van der Waals surface area contributed by atoms with Crippen molar-refractivity contribution in [3.8, 4) is 11.5 Å². The largest absolute Gasteiger partial charge is 0.334 e. The van der Waals surface area contributed by atoms with Gasteiger partial charge in [0, 0.05) is 18.5 Å². The third kappa shape index (κ3) is 3.16. The van der Waals surface area contributed by atoms with E-state index in [0.29, 0.717) is 5.56 Å². The SMILES string of the molecule is O=S(=O)(c1ccc2c(c1)CCC2)N1CCC(F)(c2noc(-c3ccccc3)n2)C1. The van der Waals surface area contributed by atoms with Gasteiger partial charge in [0.15, 0.2) is 5.67 Å². The van der Waals surface area contributed by atoms with Crippen LogP contribution in [0, 0.1) is 0 Å². The van der Waals surface area contributed by atoms with Crippen molar-refractivity contribution >= 4 is 10.0 Å². The first-order chi connectivity index (χ1) is 14.0. The summed E-state index contributed by atoms with van der Waals surface area (Å²) in [5.74, 6) is 0.112. The molecule has 0 radical (unpaired) electrons. The van der Waals surface area contributed by atoms with Gasteiger partial charge in [0.2, 0.25) is 15.8 Å². The minimum absolute atomic E-state index is 0.00899. The lowest BCUT2D eigenvalue weighted by Crippen LogP contribution is -2.33. The van der Waals surface area contributed by atoms with E-state index in [1.807, 2.05) is 24.3 Å². The topological polar surface area (TPSA) is 76.3 Å². The highest BCUT2D eigenvalue weighted by molar-refractivity contribution is 7.89. The second kappa shape index (κ2) is 6.74. The fraction of sp³-hybridized carbons (Fsp3) is 0.333. The van der Waals surface area contributed by atoms with E-state index in [-0.39, 0.29) is 36.1 Å². The van der Waals surface area contributed by atoms with E-state index in [0.717, 1.165) is 24.8 Å². The van der Waals surface area contributed by atoms with Gasteiger partial charge in [-0.15, -0.1) is 0 Å². The van der Waals surface area contributed by atoms with Crippen molar-refractivity contribution in [2.75, 3.05) is 13.1 Å². The van der Waals surface area contributed by atoms with Gasteiger partial charge in [-0.1, -0.05) is 29.4 Å². The minimum Gasteiger partial charge on any atom is -0.334 e. The average Bonchev–Trinajstić information content (AvgIpc) is 3.48. The Labute approximate surface area is 168 Å². The summed E-state index contributed by atoms with van der Waals surface area (Å²) in [5.41, 5.74) is 0.990. The molecule has 1 unspecified atom stereocenters. The number of benzene rings is 2. The Hall–Kier alpha value is -2.58. The number of alkyl halides is 1. The molecular formula is C21H20FN3O3S. The normalized spacial score (nSPS) is 22.1. The highest BCUT2D eigenvalue weighted by Crippen LogP contribution is 2.38. The predicted octanol–water partition coefficient (Wildman–Crippen LogP) is 3.48. The minimum atomic E-state index is -3.78. The molecule has 2 aliphatic rings. The maximum atomic E-state index is 15.6. The number of hydrogen-bond donors (Lipinski definition) is 0. The van der Waals surface area contributed by atoms with E-state index >= 15 is 4.39 Å². The first-order valence-electron chi connectivity index (χ1n) is 9.66. The predicted molar refractivity (Wildman–Crippen MR) is 104 cm³/mol. The number of hydrogen-bond acceptors (Lipinski definition) is 5.